The number of nitrogens with one attached hydrogen (secondary N) is 3. The van der Waals surface area contributed by atoms with Gasteiger partial charge >= 0.3 is 0 Å². The predicted octanol–water partition coefficient (Wildman–Crippen LogP) is 2.98. The van der Waals surface area contributed by atoms with Gasteiger partial charge in [-0.3, -0.25) is 25.2 Å². The van der Waals surface area contributed by atoms with Crippen molar-refractivity contribution in [1.82, 2.24) is 10.9 Å². The highest BCUT2D eigenvalue weighted by Gasteiger charge is 2.13. The van der Waals surface area contributed by atoms with Gasteiger partial charge in [-0.25, -0.2) is 4.39 Å². The van der Waals surface area contributed by atoms with Crippen molar-refractivity contribution in [2.75, 3.05) is 5.32 Å². The van der Waals surface area contributed by atoms with Gasteiger partial charge in [0, 0.05) is 11.3 Å². The van der Waals surface area contributed by atoms with Gasteiger partial charge in [0.05, 0.1) is 12.7 Å². The van der Waals surface area contributed by atoms with Crippen LogP contribution < -0.4 is 16.2 Å². The summed E-state index contributed by atoms with van der Waals surface area (Å²) in [6.45, 7) is 1.78. The number of aryl methyl sites for hydroxylation is 1. The van der Waals surface area contributed by atoms with Gasteiger partial charge in [0.25, 0.3) is 11.8 Å². The Morgan fingerprint density at radius 3 is 2.41 bits per heavy atom. The van der Waals surface area contributed by atoms with Crippen molar-refractivity contribution in [2.24, 2.45) is 0 Å². The summed E-state index contributed by atoms with van der Waals surface area (Å²) in [6, 6.07) is 13.4. The molecule has 0 saturated heterocycles. The highest BCUT2D eigenvalue weighted by molar-refractivity contribution is 6.04. The lowest BCUT2D eigenvalue weighted by atomic mass is 10.1. The van der Waals surface area contributed by atoms with Gasteiger partial charge in [0.1, 0.15) is 5.82 Å². The van der Waals surface area contributed by atoms with Crippen molar-refractivity contribution in [2.45, 2.75) is 13.3 Å². The van der Waals surface area contributed by atoms with Crippen LogP contribution in [-0.4, -0.2) is 17.7 Å². The molecule has 0 aliphatic carbocycles. The quantitative estimate of drug-likeness (QED) is 0.578. The molecule has 3 rings (SSSR count). The predicted molar refractivity (Wildman–Crippen MR) is 104 cm³/mol. The molecule has 29 heavy (non-hydrogen) atoms. The molecule has 0 fully saturated rings. The maximum absolute atomic E-state index is 12.9. The lowest BCUT2D eigenvalue weighted by Crippen LogP contribution is -2.42. The second-order valence-electron chi connectivity index (χ2n) is 6.27. The van der Waals surface area contributed by atoms with Crippen LogP contribution in [0.5, 0.6) is 0 Å². The SMILES string of the molecule is Cc1ccc(C(=O)NNC(=O)Cc2ccc(F)cc2)cc1NC(=O)c1ccco1. The molecule has 0 atom stereocenters. The molecule has 0 saturated carbocycles. The molecule has 148 valence electrons. The third-order valence-corrected chi connectivity index (χ3v) is 4.09. The summed E-state index contributed by atoms with van der Waals surface area (Å²) in [6.07, 6.45) is 1.37. The standard InChI is InChI=1S/C21H18FN3O4/c1-13-4-7-15(12-17(13)23-21(28)18-3-2-10-29-18)20(27)25-24-19(26)11-14-5-8-16(22)9-6-14/h2-10,12H,11H2,1H3,(H,23,28)(H,24,26)(H,25,27). The third-order valence-electron chi connectivity index (χ3n) is 4.09. The molecule has 3 aromatic rings. The Balaban J connectivity index is 1.59. The van der Waals surface area contributed by atoms with E-state index in [2.05, 4.69) is 16.2 Å². The van der Waals surface area contributed by atoms with Crippen molar-refractivity contribution in [1.29, 1.82) is 0 Å². The second kappa shape index (κ2) is 8.83. The molecule has 3 N–H and O–H groups in total. The topological polar surface area (TPSA) is 100 Å². The molecule has 0 aliphatic rings. The highest BCUT2D eigenvalue weighted by atomic mass is 19.1. The van der Waals surface area contributed by atoms with Crippen LogP contribution in [0.2, 0.25) is 0 Å². The summed E-state index contributed by atoms with van der Waals surface area (Å²) in [7, 11) is 0. The zero-order valence-corrected chi connectivity index (χ0v) is 15.5. The van der Waals surface area contributed by atoms with Crippen LogP contribution in [0.15, 0.2) is 65.3 Å². The molecule has 1 heterocycles. The van der Waals surface area contributed by atoms with Crippen LogP contribution in [0.3, 0.4) is 0 Å². The molecule has 0 spiro atoms. The minimum atomic E-state index is -0.550. The van der Waals surface area contributed by atoms with E-state index in [1.807, 2.05) is 0 Å². The Morgan fingerprint density at radius 2 is 1.72 bits per heavy atom. The van der Waals surface area contributed by atoms with Gasteiger partial charge < -0.3 is 9.73 Å². The summed E-state index contributed by atoms with van der Waals surface area (Å²) in [5.74, 6) is -1.69. The first-order valence-electron chi connectivity index (χ1n) is 8.71. The Morgan fingerprint density at radius 1 is 0.966 bits per heavy atom. The van der Waals surface area contributed by atoms with Crippen molar-refractivity contribution in [3.63, 3.8) is 0 Å². The lowest BCUT2D eigenvalue weighted by Gasteiger charge is -2.11. The number of hydrogen-bond donors (Lipinski definition) is 3. The molecular weight excluding hydrogens is 377 g/mol. The highest BCUT2D eigenvalue weighted by Crippen LogP contribution is 2.18. The molecule has 0 bridgehead atoms. The minimum Gasteiger partial charge on any atom is -0.459 e. The Kier molecular flexibility index (Phi) is 6.03. The molecule has 0 aliphatic heterocycles. The molecule has 8 heteroatoms. The largest absolute Gasteiger partial charge is 0.459 e. The van der Waals surface area contributed by atoms with Crippen LogP contribution in [0, 0.1) is 12.7 Å². The second-order valence-corrected chi connectivity index (χ2v) is 6.27. The minimum absolute atomic E-state index is 0.0150. The van der Waals surface area contributed by atoms with E-state index in [0.717, 1.165) is 5.56 Å². The first-order valence-corrected chi connectivity index (χ1v) is 8.71. The molecule has 1 aromatic heterocycles. The monoisotopic (exact) mass is 395 g/mol. The smallest absolute Gasteiger partial charge is 0.291 e. The average Bonchev–Trinajstić information content (AvgIpc) is 3.24. The lowest BCUT2D eigenvalue weighted by molar-refractivity contribution is -0.121. The van der Waals surface area contributed by atoms with E-state index in [4.69, 9.17) is 4.42 Å². The maximum atomic E-state index is 12.9. The zero-order valence-electron chi connectivity index (χ0n) is 15.5. The van der Waals surface area contributed by atoms with Gasteiger partial charge in [0.2, 0.25) is 5.91 Å². The van der Waals surface area contributed by atoms with E-state index < -0.39 is 23.5 Å². The number of rotatable bonds is 5. The fourth-order valence-corrected chi connectivity index (χ4v) is 2.52. The maximum Gasteiger partial charge on any atom is 0.291 e. The van der Waals surface area contributed by atoms with Crippen molar-refractivity contribution in [3.05, 3.63) is 89.1 Å². The van der Waals surface area contributed by atoms with Crippen molar-refractivity contribution < 1.29 is 23.2 Å². The van der Waals surface area contributed by atoms with E-state index in [0.29, 0.717) is 11.3 Å². The van der Waals surface area contributed by atoms with E-state index >= 15 is 0 Å². The van der Waals surface area contributed by atoms with E-state index in [1.165, 1.54) is 42.7 Å². The number of amides is 3. The van der Waals surface area contributed by atoms with Crippen LogP contribution in [0.1, 0.15) is 32.0 Å². The summed E-state index contributed by atoms with van der Waals surface area (Å²) in [4.78, 5) is 36.4. The molecule has 3 amide bonds. The van der Waals surface area contributed by atoms with E-state index in [-0.39, 0.29) is 17.7 Å². The summed E-state index contributed by atoms with van der Waals surface area (Å²) >= 11 is 0. The van der Waals surface area contributed by atoms with Gasteiger partial charge in [-0.15, -0.1) is 0 Å². The van der Waals surface area contributed by atoms with Crippen molar-refractivity contribution in [3.8, 4) is 0 Å². The Labute approximate surface area is 165 Å². The summed E-state index contributed by atoms with van der Waals surface area (Å²) in [5.41, 5.74) is 6.66. The van der Waals surface area contributed by atoms with Gasteiger partial charge in [-0.05, 0) is 54.4 Å². The van der Waals surface area contributed by atoms with Crippen LogP contribution >= 0.6 is 0 Å². The normalized spacial score (nSPS) is 10.3. The van der Waals surface area contributed by atoms with E-state index in [1.54, 1.807) is 25.1 Å². The number of carbonyl (C=O) groups excluding carboxylic acids is 3. The Bertz CT molecular complexity index is 1030. The van der Waals surface area contributed by atoms with Gasteiger partial charge in [-0.2, -0.15) is 0 Å². The molecule has 7 nitrogen and oxygen atoms in total. The number of hydrogen-bond acceptors (Lipinski definition) is 4. The number of benzene rings is 2. The van der Waals surface area contributed by atoms with Crippen LogP contribution in [-0.2, 0) is 11.2 Å². The fraction of sp³-hybridized carbons (Fsp3) is 0.0952. The van der Waals surface area contributed by atoms with Gasteiger partial charge in [-0.1, -0.05) is 18.2 Å². The molecule has 2 aromatic carbocycles. The Hall–Kier alpha value is -3.94. The average molecular weight is 395 g/mol. The number of furan rings is 1. The number of anilines is 1. The van der Waals surface area contributed by atoms with E-state index in [9.17, 15) is 18.8 Å². The molecule has 0 unspecified atom stereocenters. The summed E-state index contributed by atoms with van der Waals surface area (Å²) < 4.78 is 17.9. The molecule has 0 radical (unpaired) electrons. The number of hydrazine groups is 1. The first kappa shape index (κ1) is 19.8. The fourth-order valence-electron chi connectivity index (χ4n) is 2.52. The van der Waals surface area contributed by atoms with Crippen LogP contribution in [0.4, 0.5) is 10.1 Å². The first-order chi connectivity index (χ1) is 13.9. The van der Waals surface area contributed by atoms with Crippen LogP contribution in [0.25, 0.3) is 0 Å². The number of carbonyl (C=O) groups is 3. The summed E-state index contributed by atoms with van der Waals surface area (Å²) in [5, 5.41) is 2.68. The van der Waals surface area contributed by atoms with Crippen molar-refractivity contribution >= 4 is 23.4 Å². The third kappa shape index (κ3) is 5.29. The molecular formula is C21H18FN3O4. The zero-order chi connectivity index (χ0) is 20.8. The van der Waals surface area contributed by atoms with Gasteiger partial charge in [0.15, 0.2) is 5.76 Å². The number of halogens is 1.